The zero-order valence-electron chi connectivity index (χ0n) is 11.7. The maximum atomic E-state index is 11.8. The molecule has 0 aliphatic rings. The number of carbonyl (C=O) groups excluding carboxylic acids is 1. The van der Waals surface area contributed by atoms with Crippen molar-refractivity contribution in [2.24, 2.45) is 11.7 Å². The van der Waals surface area contributed by atoms with E-state index in [0.717, 1.165) is 31.4 Å². The second-order valence-corrected chi connectivity index (χ2v) is 5.99. The first-order chi connectivity index (χ1) is 7.97. The molecule has 0 aliphatic carbocycles. The lowest BCUT2D eigenvalue weighted by molar-refractivity contribution is -0.125. The summed E-state index contributed by atoms with van der Waals surface area (Å²) < 4.78 is 0. The minimum Gasteiger partial charge on any atom is -0.353 e. The molecule has 0 saturated heterocycles. The summed E-state index contributed by atoms with van der Waals surface area (Å²) in [6.45, 7) is 6.08. The minimum absolute atomic E-state index is 0.102. The molecule has 3 nitrogen and oxygen atoms in total. The molecule has 0 heterocycles. The van der Waals surface area contributed by atoms with E-state index < -0.39 is 0 Å². The first-order valence-electron chi connectivity index (χ1n) is 6.52. The fourth-order valence-electron chi connectivity index (χ4n) is 1.63. The van der Waals surface area contributed by atoms with Gasteiger partial charge in [0.25, 0.3) is 0 Å². The molecule has 3 unspecified atom stereocenters. The fraction of sp³-hybridized carbons (Fsp3) is 0.923. The SMILES string of the molecule is CSCCC(C)NC(=O)C(C)CCCC(C)N. The number of nitrogens with one attached hydrogen (secondary N) is 1. The highest BCUT2D eigenvalue weighted by molar-refractivity contribution is 7.98. The van der Waals surface area contributed by atoms with Crippen LogP contribution in [0.2, 0.25) is 0 Å². The van der Waals surface area contributed by atoms with Gasteiger partial charge in [-0.3, -0.25) is 4.79 Å². The molecule has 0 aromatic rings. The Bertz CT molecular complexity index is 210. The molecule has 4 heteroatoms. The number of hydrogen-bond donors (Lipinski definition) is 2. The van der Waals surface area contributed by atoms with Crippen molar-refractivity contribution >= 4 is 17.7 Å². The van der Waals surface area contributed by atoms with Crippen molar-refractivity contribution in [3.05, 3.63) is 0 Å². The normalized spacial score (nSPS) is 16.3. The van der Waals surface area contributed by atoms with Crippen LogP contribution in [-0.4, -0.2) is 30.0 Å². The van der Waals surface area contributed by atoms with E-state index in [1.165, 1.54) is 0 Å². The number of hydrogen-bond acceptors (Lipinski definition) is 3. The number of nitrogens with two attached hydrogens (primary N) is 1. The van der Waals surface area contributed by atoms with Crippen LogP contribution in [0.5, 0.6) is 0 Å². The molecule has 0 fully saturated rings. The zero-order chi connectivity index (χ0) is 13.3. The molecule has 0 saturated carbocycles. The summed E-state index contributed by atoms with van der Waals surface area (Å²) in [6, 6.07) is 0.525. The third-order valence-electron chi connectivity index (χ3n) is 2.89. The van der Waals surface area contributed by atoms with Crippen LogP contribution >= 0.6 is 11.8 Å². The lowest BCUT2D eigenvalue weighted by Gasteiger charge is -2.17. The van der Waals surface area contributed by atoms with Crippen molar-refractivity contribution in [3.8, 4) is 0 Å². The average molecular weight is 260 g/mol. The van der Waals surface area contributed by atoms with E-state index in [1.807, 2.05) is 25.6 Å². The Morgan fingerprint density at radius 2 is 1.88 bits per heavy atom. The fourth-order valence-corrected chi connectivity index (χ4v) is 2.22. The average Bonchev–Trinajstić information content (AvgIpc) is 2.25. The molecule has 17 heavy (non-hydrogen) atoms. The van der Waals surface area contributed by atoms with Gasteiger partial charge in [-0.15, -0.1) is 0 Å². The van der Waals surface area contributed by atoms with E-state index >= 15 is 0 Å². The predicted octanol–water partition coefficient (Wildman–Crippen LogP) is 2.40. The highest BCUT2D eigenvalue weighted by atomic mass is 32.2. The predicted molar refractivity (Wildman–Crippen MR) is 77.3 cm³/mol. The first kappa shape index (κ1) is 16.8. The zero-order valence-corrected chi connectivity index (χ0v) is 12.5. The summed E-state index contributed by atoms with van der Waals surface area (Å²) in [5, 5.41) is 3.07. The second kappa shape index (κ2) is 9.77. The second-order valence-electron chi connectivity index (χ2n) is 5.00. The van der Waals surface area contributed by atoms with E-state index in [9.17, 15) is 4.79 Å². The van der Waals surface area contributed by atoms with Gasteiger partial charge in [0.1, 0.15) is 0 Å². The Hall–Kier alpha value is -0.220. The highest BCUT2D eigenvalue weighted by Gasteiger charge is 2.14. The molecule has 0 spiro atoms. The van der Waals surface area contributed by atoms with E-state index in [4.69, 9.17) is 5.73 Å². The number of rotatable bonds is 9. The van der Waals surface area contributed by atoms with E-state index in [1.54, 1.807) is 0 Å². The van der Waals surface area contributed by atoms with E-state index in [0.29, 0.717) is 0 Å². The molecule has 0 aliphatic heterocycles. The van der Waals surface area contributed by atoms with Crippen LogP contribution < -0.4 is 11.1 Å². The highest BCUT2D eigenvalue weighted by Crippen LogP contribution is 2.10. The third kappa shape index (κ3) is 9.48. The summed E-state index contributed by atoms with van der Waals surface area (Å²) in [4.78, 5) is 11.8. The van der Waals surface area contributed by atoms with Gasteiger partial charge in [-0.25, -0.2) is 0 Å². The Labute approximate surface area is 110 Å². The Balaban J connectivity index is 3.73. The van der Waals surface area contributed by atoms with Gasteiger partial charge in [0, 0.05) is 18.0 Å². The summed E-state index contributed by atoms with van der Waals surface area (Å²) in [7, 11) is 0. The van der Waals surface area contributed by atoms with Crippen molar-refractivity contribution in [1.29, 1.82) is 0 Å². The quantitative estimate of drug-likeness (QED) is 0.669. The van der Waals surface area contributed by atoms with Crippen LogP contribution in [0.4, 0.5) is 0 Å². The van der Waals surface area contributed by atoms with E-state index in [-0.39, 0.29) is 23.9 Å². The van der Waals surface area contributed by atoms with Gasteiger partial charge in [-0.05, 0) is 45.1 Å². The van der Waals surface area contributed by atoms with Crippen molar-refractivity contribution in [3.63, 3.8) is 0 Å². The monoisotopic (exact) mass is 260 g/mol. The Morgan fingerprint density at radius 1 is 1.24 bits per heavy atom. The van der Waals surface area contributed by atoms with E-state index in [2.05, 4.69) is 18.5 Å². The molecular formula is C13H28N2OS. The number of amides is 1. The van der Waals surface area contributed by atoms with Crippen LogP contribution in [0, 0.1) is 5.92 Å². The molecule has 0 rings (SSSR count). The van der Waals surface area contributed by atoms with Gasteiger partial charge in [-0.1, -0.05) is 13.3 Å². The van der Waals surface area contributed by atoms with Crippen molar-refractivity contribution in [2.45, 2.75) is 58.5 Å². The smallest absolute Gasteiger partial charge is 0.223 e. The topological polar surface area (TPSA) is 55.1 Å². The Morgan fingerprint density at radius 3 is 2.41 bits per heavy atom. The molecule has 1 amide bonds. The largest absolute Gasteiger partial charge is 0.353 e. The summed E-state index contributed by atoms with van der Waals surface area (Å²) >= 11 is 1.82. The van der Waals surface area contributed by atoms with Crippen LogP contribution in [-0.2, 0) is 4.79 Å². The van der Waals surface area contributed by atoms with Crippen molar-refractivity contribution in [2.75, 3.05) is 12.0 Å². The molecular weight excluding hydrogens is 232 g/mol. The van der Waals surface area contributed by atoms with Crippen LogP contribution in [0.15, 0.2) is 0 Å². The maximum absolute atomic E-state index is 11.8. The van der Waals surface area contributed by atoms with Crippen LogP contribution in [0.25, 0.3) is 0 Å². The molecule has 0 bridgehead atoms. The minimum atomic E-state index is 0.102. The summed E-state index contributed by atoms with van der Waals surface area (Å²) in [5.41, 5.74) is 5.69. The van der Waals surface area contributed by atoms with Gasteiger partial charge >= 0.3 is 0 Å². The lowest BCUT2D eigenvalue weighted by atomic mass is 10.0. The molecule has 102 valence electrons. The standard InChI is InChI=1S/C13H28N2OS/c1-10(6-5-7-11(2)14)13(16)15-12(3)8-9-17-4/h10-12H,5-9,14H2,1-4H3,(H,15,16). The van der Waals surface area contributed by atoms with Gasteiger partial charge in [0.15, 0.2) is 0 Å². The Kier molecular flexibility index (Phi) is 9.65. The number of thioether (sulfide) groups is 1. The molecule has 3 N–H and O–H groups in total. The van der Waals surface area contributed by atoms with Crippen LogP contribution in [0.3, 0.4) is 0 Å². The van der Waals surface area contributed by atoms with Gasteiger partial charge in [0.05, 0.1) is 0 Å². The molecule has 0 aromatic heterocycles. The molecule has 0 aromatic carbocycles. The van der Waals surface area contributed by atoms with Crippen LogP contribution in [0.1, 0.15) is 46.5 Å². The molecule has 3 atom stereocenters. The summed E-state index contributed by atoms with van der Waals surface area (Å²) in [6.07, 6.45) is 6.10. The van der Waals surface area contributed by atoms with Gasteiger partial charge in [0.2, 0.25) is 5.91 Å². The number of carbonyl (C=O) groups is 1. The maximum Gasteiger partial charge on any atom is 0.223 e. The molecule has 0 radical (unpaired) electrons. The summed E-state index contributed by atoms with van der Waals surface area (Å²) in [5.74, 6) is 1.38. The van der Waals surface area contributed by atoms with Crippen molar-refractivity contribution < 1.29 is 4.79 Å². The lowest BCUT2D eigenvalue weighted by Crippen LogP contribution is -2.36. The van der Waals surface area contributed by atoms with Crippen molar-refractivity contribution in [1.82, 2.24) is 5.32 Å². The van der Waals surface area contributed by atoms with Gasteiger partial charge < -0.3 is 11.1 Å². The van der Waals surface area contributed by atoms with Gasteiger partial charge in [-0.2, -0.15) is 11.8 Å². The third-order valence-corrected chi connectivity index (χ3v) is 3.53. The first-order valence-corrected chi connectivity index (χ1v) is 7.91.